The second-order valence-electron chi connectivity index (χ2n) is 5.42. The zero-order chi connectivity index (χ0) is 20.0. The number of methoxy groups -OCH3 is 1. The van der Waals surface area contributed by atoms with Crippen molar-refractivity contribution < 1.29 is 19.1 Å². The highest BCUT2D eigenvalue weighted by atomic mass is 35.5. The second kappa shape index (κ2) is 9.65. The predicted molar refractivity (Wildman–Crippen MR) is 108 cm³/mol. The molecule has 0 aromatic heterocycles. The van der Waals surface area contributed by atoms with Crippen molar-refractivity contribution in [3.63, 3.8) is 0 Å². The van der Waals surface area contributed by atoms with Crippen LogP contribution in [0.25, 0.3) is 6.08 Å². The first-order valence-corrected chi connectivity index (χ1v) is 8.91. The zero-order valence-electron chi connectivity index (χ0n) is 14.5. The van der Waals surface area contributed by atoms with Crippen LogP contribution in [0.1, 0.15) is 12.5 Å². The summed E-state index contributed by atoms with van der Waals surface area (Å²) in [5, 5.41) is 3.76. The minimum Gasteiger partial charge on any atom is -0.495 e. The van der Waals surface area contributed by atoms with Crippen molar-refractivity contribution in [2.75, 3.05) is 12.4 Å². The van der Waals surface area contributed by atoms with Gasteiger partial charge in [-0.05, 0) is 48.9 Å². The van der Waals surface area contributed by atoms with Gasteiger partial charge in [0.1, 0.15) is 5.75 Å². The summed E-state index contributed by atoms with van der Waals surface area (Å²) < 4.78 is 10.1. The van der Waals surface area contributed by atoms with Crippen LogP contribution in [-0.4, -0.2) is 25.1 Å². The Kier molecular flexibility index (Phi) is 7.54. The molecule has 8 heteroatoms. The number of halogens is 3. The van der Waals surface area contributed by atoms with E-state index < -0.39 is 18.0 Å². The van der Waals surface area contributed by atoms with Crippen molar-refractivity contribution in [3.8, 4) is 5.75 Å². The van der Waals surface area contributed by atoms with Crippen molar-refractivity contribution in [1.29, 1.82) is 0 Å². The lowest BCUT2D eigenvalue weighted by Crippen LogP contribution is -2.29. The van der Waals surface area contributed by atoms with Gasteiger partial charge in [-0.2, -0.15) is 0 Å². The number of carbonyl (C=O) groups excluding carboxylic acids is 2. The average Bonchev–Trinajstić information content (AvgIpc) is 2.62. The Morgan fingerprint density at radius 1 is 1.04 bits per heavy atom. The fourth-order valence-corrected chi connectivity index (χ4v) is 2.60. The maximum Gasteiger partial charge on any atom is 0.331 e. The number of hydrogen-bond acceptors (Lipinski definition) is 4. The van der Waals surface area contributed by atoms with Crippen LogP contribution in [0.4, 0.5) is 5.69 Å². The van der Waals surface area contributed by atoms with Gasteiger partial charge in [0, 0.05) is 11.8 Å². The summed E-state index contributed by atoms with van der Waals surface area (Å²) in [7, 11) is 1.49. The van der Waals surface area contributed by atoms with E-state index in [2.05, 4.69) is 5.32 Å². The molecule has 0 bridgehead atoms. The van der Waals surface area contributed by atoms with Crippen molar-refractivity contribution in [2.45, 2.75) is 13.0 Å². The van der Waals surface area contributed by atoms with Gasteiger partial charge >= 0.3 is 5.97 Å². The third-order valence-corrected chi connectivity index (χ3v) is 4.47. The Morgan fingerprint density at radius 3 is 2.41 bits per heavy atom. The standard InChI is InChI=1S/C19H16Cl3NO4/c1-11(19(25)23-13-5-7-17(26-2)16(22)10-13)27-18(24)8-4-12-3-6-14(20)15(21)9-12/h3-11H,1-2H3,(H,23,25). The maximum absolute atomic E-state index is 12.2. The molecule has 1 N–H and O–H groups in total. The van der Waals surface area contributed by atoms with Gasteiger partial charge < -0.3 is 14.8 Å². The van der Waals surface area contributed by atoms with Crippen LogP contribution in [-0.2, 0) is 14.3 Å². The first-order valence-electron chi connectivity index (χ1n) is 7.78. The molecule has 142 valence electrons. The number of anilines is 1. The molecule has 1 atom stereocenters. The summed E-state index contributed by atoms with van der Waals surface area (Å²) in [6.07, 6.45) is 1.71. The van der Waals surface area contributed by atoms with Gasteiger partial charge in [-0.1, -0.05) is 40.9 Å². The molecule has 0 aliphatic rings. The second-order valence-corrected chi connectivity index (χ2v) is 6.65. The van der Waals surface area contributed by atoms with Gasteiger partial charge in [0.2, 0.25) is 0 Å². The van der Waals surface area contributed by atoms with E-state index in [0.29, 0.717) is 32.1 Å². The number of rotatable bonds is 6. The van der Waals surface area contributed by atoms with E-state index >= 15 is 0 Å². The highest BCUT2D eigenvalue weighted by Gasteiger charge is 2.17. The minimum absolute atomic E-state index is 0.351. The third-order valence-electron chi connectivity index (χ3n) is 3.44. The molecule has 0 saturated heterocycles. The molecule has 2 rings (SSSR count). The molecular formula is C19H16Cl3NO4. The van der Waals surface area contributed by atoms with E-state index in [4.69, 9.17) is 44.3 Å². The first kappa shape index (κ1) is 21.1. The van der Waals surface area contributed by atoms with E-state index in [1.165, 1.54) is 32.3 Å². The van der Waals surface area contributed by atoms with Crippen molar-refractivity contribution in [3.05, 3.63) is 63.1 Å². The van der Waals surface area contributed by atoms with Gasteiger partial charge in [0.05, 0.1) is 22.2 Å². The monoisotopic (exact) mass is 427 g/mol. The largest absolute Gasteiger partial charge is 0.495 e. The average molecular weight is 429 g/mol. The smallest absolute Gasteiger partial charge is 0.331 e. The van der Waals surface area contributed by atoms with Crippen LogP contribution in [0, 0.1) is 0 Å². The number of ether oxygens (including phenoxy) is 2. The summed E-state index contributed by atoms with van der Waals surface area (Å²) in [6, 6.07) is 9.71. The maximum atomic E-state index is 12.2. The molecule has 0 aliphatic carbocycles. The molecule has 1 unspecified atom stereocenters. The number of esters is 1. The van der Waals surface area contributed by atoms with Crippen molar-refractivity contribution >= 4 is 58.4 Å². The van der Waals surface area contributed by atoms with E-state index in [1.54, 1.807) is 30.3 Å². The molecule has 0 radical (unpaired) electrons. The lowest BCUT2D eigenvalue weighted by atomic mass is 10.2. The lowest BCUT2D eigenvalue weighted by Gasteiger charge is -2.13. The lowest BCUT2D eigenvalue weighted by molar-refractivity contribution is -0.148. The summed E-state index contributed by atoms with van der Waals surface area (Å²) in [5.74, 6) is -0.675. The minimum atomic E-state index is -1.00. The fraction of sp³-hybridized carbons (Fsp3) is 0.158. The van der Waals surface area contributed by atoms with Crippen LogP contribution in [0.2, 0.25) is 15.1 Å². The van der Waals surface area contributed by atoms with E-state index in [1.807, 2.05) is 0 Å². The van der Waals surface area contributed by atoms with Crippen LogP contribution in [0.15, 0.2) is 42.5 Å². The van der Waals surface area contributed by atoms with Crippen LogP contribution in [0.5, 0.6) is 5.75 Å². The molecule has 1 amide bonds. The van der Waals surface area contributed by atoms with Gasteiger partial charge in [-0.15, -0.1) is 0 Å². The summed E-state index contributed by atoms with van der Waals surface area (Å²) >= 11 is 17.8. The number of hydrogen-bond donors (Lipinski definition) is 1. The van der Waals surface area contributed by atoms with Gasteiger partial charge in [-0.3, -0.25) is 4.79 Å². The quantitative estimate of drug-likeness (QED) is 0.505. The normalized spacial score (nSPS) is 11.9. The first-order chi connectivity index (χ1) is 12.8. The van der Waals surface area contributed by atoms with Gasteiger partial charge in [0.15, 0.2) is 6.10 Å². The molecule has 2 aromatic carbocycles. The fourth-order valence-electron chi connectivity index (χ4n) is 2.04. The molecule has 27 heavy (non-hydrogen) atoms. The molecular weight excluding hydrogens is 413 g/mol. The number of carbonyl (C=O) groups is 2. The molecule has 0 heterocycles. The molecule has 2 aromatic rings. The Labute approximate surface area is 171 Å². The van der Waals surface area contributed by atoms with E-state index in [-0.39, 0.29) is 0 Å². The highest BCUT2D eigenvalue weighted by Crippen LogP contribution is 2.27. The SMILES string of the molecule is COc1ccc(NC(=O)C(C)OC(=O)C=Cc2ccc(Cl)c(Cl)c2)cc1Cl. The summed E-state index contributed by atoms with van der Waals surface area (Å²) in [5.41, 5.74) is 1.13. The zero-order valence-corrected chi connectivity index (χ0v) is 16.7. The van der Waals surface area contributed by atoms with Crippen molar-refractivity contribution in [1.82, 2.24) is 0 Å². The predicted octanol–water partition coefficient (Wildman–Crippen LogP) is 5.24. The highest BCUT2D eigenvalue weighted by molar-refractivity contribution is 6.42. The van der Waals surface area contributed by atoms with Crippen LogP contribution >= 0.6 is 34.8 Å². The van der Waals surface area contributed by atoms with Crippen molar-refractivity contribution in [2.24, 2.45) is 0 Å². The van der Waals surface area contributed by atoms with Gasteiger partial charge in [-0.25, -0.2) is 4.79 Å². The van der Waals surface area contributed by atoms with Crippen LogP contribution < -0.4 is 10.1 Å². The number of amides is 1. The van der Waals surface area contributed by atoms with Crippen LogP contribution in [0.3, 0.4) is 0 Å². The van der Waals surface area contributed by atoms with E-state index in [0.717, 1.165) is 0 Å². The molecule has 0 fully saturated rings. The Hall–Kier alpha value is -2.21. The Morgan fingerprint density at radius 2 is 1.78 bits per heavy atom. The number of benzene rings is 2. The topological polar surface area (TPSA) is 64.6 Å². The molecule has 0 saturated carbocycles. The third kappa shape index (κ3) is 6.17. The Bertz CT molecular complexity index is 883. The van der Waals surface area contributed by atoms with E-state index in [9.17, 15) is 9.59 Å². The molecule has 5 nitrogen and oxygen atoms in total. The number of nitrogens with one attached hydrogen (secondary N) is 1. The molecule has 0 spiro atoms. The Balaban J connectivity index is 1.92. The molecule has 0 aliphatic heterocycles. The summed E-state index contributed by atoms with van der Waals surface area (Å²) in [4.78, 5) is 24.0. The summed E-state index contributed by atoms with van der Waals surface area (Å²) in [6.45, 7) is 1.46. The van der Waals surface area contributed by atoms with Gasteiger partial charge in [0.25, 0.3) is 5.91 Å².